The van der Waals surface area contributed by atoms with Gasteiger partial charge in [0.05, 0.1) is 12.3 Å². The minimum atomic E-state index is -0.725. The molecule has 0 aliphatic heterocycles. The highest BCUT2D eigenvalue weighted by atomic mass is 16.5. The minimum absolute atomic E-state index is 0.255. The highest BCUT2D eigenvalue weighted by Gasteiger charge is 2.45. The minimum Gasteiger partial charge on any atom is -0.465 e. The maximum absolute atomic E-state index is 12.1. The summed E-state index contributed by atoms with van der Waals surface area (Å²) >= 11 is 0. The summed E-state index contributed by atoms with van der Waals surface area (Å²) in [7, 11) is 0. The SMILES string of the molecule is C=CCC[C@@]1(C(=O)OCC)CCCC/C1=N/O. The first-order chi connectivity index (χ1) is 8.21. The highest BCUT2D eigenvalue weighted by Crippen LogP contribution is 2.39. The summed E-state index contributed by atoms with van der Waals surface area (Å²) in [4.78, 5) is 12.1. The average molecular weight is 239 g/mol. The molecule has 0 amide bonds. The molecule has 0 aromatic heterocycles. The summed E-state index contributed by atoms with van der Waals surface area (Å²) in [5.41, 5.74) is -0.152. The molecule has 0 radical (unpaired) electrons. The molecule has 1 N–H and O–H groups in total. The Balaban J connectivity index is 2.97. The van der Waals surface area contributed by atoms with Gasteiger partial charge in [-0.2, -0.15) is 0 Å². The number of allylic oxidation sites excluding steroid dienone is 1. The van der Waals surface area contributed by atoms with Crippen LogP contribution in [0.2, 0.25) is 0 Å². The maximum Gasteiger partial charge on any atom is 0.317 e. The lowest BCUT2D eigenvalue weighted by atomic mass is 9.69. The van der Waals surface area contributed by atoms with Gasteiger partial charge in [-0.05, 0) is 39.0 Å². The number of esters is 1. The molecule has 4 heteroatoms. The third kappa shape index (κ3) is 2.87. The Morgan fingerprint density at radius 2 is 2.41 bits per heavy atom. The lowest BCUT2D eigenvalue weighted by molar-refractivity contribution is -0.152. The van der Waals surface area contributed by atoms with Gasteiger partial charge < -0.3 is 9.94 Å². The van der Waals surface area contributed by atoms with Gasteiger partial charge in [0.25, 0.3) is 0 Å². The Morgan fingerprint density at radius 3 is 3.00 bits per heavy atom. The van der Waals surface area contributed by atoms with Gasteiger partial charge in [-0.3, -0.25) is 4.79 Å². The van der Waals surface area contributed by atoms with E-state index >= 15 is 0 Å². The van der Waals surface area contributed by atoms with Gasteiger partial charge in [-0.25, -0.2) is 0 Å². The van der Waals surface area contributed by atoms with Crippen molar-refractivity contribution >= 4 is 11.7 Å². The molecule has 17 heavy (non-hydrogen) atoms. The van der Waals surface area contributed by atoms with Crippen molar-refractivity contribution in [1.82, 2.24) is 0 Å². The number of hydrogen-bond donors (Lipinski definition) is 1. The molecule has 1 rings (SSSR count). The molecule has 0 aromatic carbocycles. The molecular weight excluding hydrogens is 218 g/mol. The van der Waals surface area contributed by atoms with Crippen LogP contribution in [0.25, 0.3) is 0 Å². The Kier molecular flexibility index (Phi) is 5.19. The number of rotatable bonds is 5. The first kappa shape index (κ1) is 13.7. The fourth-order valence-electron chi connectivity index (χ4n) is 2.46. The van der Waals surface area contributed by atoms with E-state index in [1.54, 1.807) is 13.0 Å². The Bertz CT molecular complexity index is 312. The van der Waals surface area contributed by atoms with E-state index in [1.807, 2.05) is 0 Å². The Hall–Kier alpha value is -1.32. The second kappa shape index (κ2) is 6.42. The van der Waals surface area contributed by atoms with Crippen molar-refractivity contribution in [2.75, 3.05) is 6.61 Å². The smallest absolute Gasteiger partial charge is 0.317 e. The molecule has 0 spiro atoms. The molecule has 96 valence electrons. The Morgan fingerprint density at radius 1 is 1.65 bits per heavy atom. The van der Waals surface area contributed by atoms with Crippen LogP contribution in [0.15, 0.2) is 17.8 Å². The van der Waals surface area contributed by atoms with Gasteiger partial charge in [-0.1, -0.05) is 17.7 Å². The molecule has 1 aliphatic carbocycles. The van der Waals surface area contributed by atoms with E-state index in [2.05, 4.69) is 11.7 Å². The predicted octanol–water partition coefficient (Wildman–Crippen LogP) is 2.91. The van der Waals surface area contributed by atoms with Crippen molar-refractivity contribution in [3.05, 3.63) is 12.7 Å². The molecule has 0 unspecified atom stereocenters. The fraction of sp³-hybridized carbons (Fsp3) is 0.692. The number of ether oxygens (including phenoxy) is 1. The molecule has 1 atom stereocenters. The molecule has 4 nitrogen and oxygen atoms in total. The summed E-state index contributed by atoms with van der Waals surface area (Å²) in [6.07, 6.45) is 6.44. The molecule has 0 bridgehead atoms. The van der Waals surface area contributed by atoms with Crippen LogP contribution in [0, 0.1) is 5.41 Å². The van der Waals surface area contributed by atoms with E-state index in [1.165, 1.54) is 0 Å². The first-order valence-corrected chi connectivity index (χ1v) is 6.20. The van der Waals surface area contributed by atoms with Crippen LogP contribution in [0.3, 0.4) is 0 Å². The summed E-state index contributed by atoms with van der Waals surface area (Å²) in [5.74, 6) is -0.255. The average Bonchev–Trinajstić information content (AvgIpc) is 2.36. The van der Waals surface area contributed by atoms with Crippen molar-refractivity contribution < 1.29 is 14.7 Å². The molecule has 0 saturated heterocycles. The first-order valence-electron chi connectivity index (χ1n) is 6.20. The molecule has 0 aromatic rings. The van der Waals surface area contributed by atoms with Gasteiger partial charge in [0, 0.05) is 0 Å². The summed E-state index contributed by atoms with van der Waals surface area (Å²) < 4.78 is 5.15. The van der Waals surface area contributed by atoms with Gasteiger partial charge in [0.1, 0.15) is 5.41 Å². The largest absolute Gasteiger partial charge is 0.465 e. The number of nitrogens with zero attached hydrogens (tertiary/aromatic N) is 1. The van der Waals surface area contributed by atoms with Crippen LogP contribution >= 0.6 is 0 Å². The van der Waals surface area contributed by atoms with E-state index in [4.69, 9.17) is 9.94 Å². The molecule has 1 fully saturated rings. The molecular formula is C13H21NO3. The molecule has 1 saturated carbocycles. The quantitative estimate of drug-likeness (QED) is 0.347. The van der Waals surface area contributed by atoms with Crippen LogP contribution < -0.4 is 0 Å². The summed E-state index contributed by atoms with van der Waals surface area (Å²) in [6.45, 7) is 5.82. The lowest BCUT2D eigenvalue weighted by Gasteiger charge is -2.35. The number of carbonyl (C=O) groups excluding carboxylic acids is 1. The zero-order chi connectivity index (χ0) is 12.7. The van der Waals surface area contributed by atoms with Crippen molar-refractivity contribution in [2.24, 2.45) is 10.6 Å². The van der Waals surface area contributed by atoms with Crippen molar-refractivity contribution in [3.63, 3.8) is 0 Å². The van der Waals surface area contributed by atoms with Crippen molar-refractivity contribution in [1.29, 1.82) is 0 Å². The third-order valence-electron chi connectivity index (χ3n) is 3.38. The summed E-state index contributed by atoms with van der Waals surface area (Å²) in [5, 5.41) is 12.4. The Labute approximate surface area is 102 Å². The molecule has 0 heterocycles. The van der Waals surface area contributed by atoms with Gasteiger partial charge in [0.2, 0.25) is 0 Å². The second-order valence-corrected chi connectivity index (χ2v) is 4.38. The fourth-order valence-corrected chi connectivity index (χ4v) is 2.46. The topological polar surface area (TPSA) is 58.9 Å². The van der Waals surface area contributed by atoms with Gasteiger partial charge in [-0.15, -0.1) is 6.58 Å². The monoisotopic (exact) mass is 239 g/mol. The van der Waals surface area contributed by atoms with Crippen LogP contribution in [0.5, 0.6) is 0 Å². The highest BCUT2D eigenvalue weighted by molar-refractivity contribution is 6.07. The van der Waals surface area contributed by atoms with Gasteiger partial charge in [0.15, 0.2) is 0 Å². The summed E-state index contributed by atoms with van der Waals surface area (Å²) in [6, 6.07) is 0. The molecule has 1 aliphatic rings. The number of hydrogen-bond acceptors (Lipinski definition) is 4. The number of oxime groups is 1. The van der Waals surface area contributed by atoms with Crippen molar-refractivity contribution in [3.8, 4) is 0 Å². The lowest BCUT2D eigenvalue weighted by Crippen LogP contribution is -2.43. The zero-order valence-corrected chi connectivity index (χ0v) is 10.4. The standard InChI is InChI=1S/C13H21NO3/c1-3-5-9-13(12(15)17-4-2)10-7-6-8-11(13)14-16/h3,16H,1,4-10H2,2H3/b14-11-/t13-/m1/s1. The third-order valence-corrected chi connectivity index (χ3v) is 3.38. The normalized spacial score (nSPS) is 26.8. The predicted molar refractivity (Wildman–Crippen MR) is 66.2 cm³/mol. The van der Waals surface area contributed by atoms with E-state index in [0.29, 0.717) is 31.6 Å². The van der Waals surface area contributed by atoms with E-state index < -0.39 is 5.41 Å². The maximum atomic E-state index is 12.1. The zero-order valence-electron chi connectivity index (χ0n) is 10.4. The van der Waals surface area contributed by atoms with E-state index in [0.717, 1.165) is 19.3 Å². The van der Waals surface area contributed by atoms with E-state index in [9.17, 15) is 4.79 Å². The van der Waals surface area contributed by atoms with Crippen molar-refractivity contribution in [2.45, 2.75) is 45.4 Å². The van der Waals surface area contributed by atoms with Crippen LogP contribution in [0.4, 0.5) is 0 Å². The van der Waals surface area contributed by atoms with Gasteiger partial charge >= 0.3 is 5.97 Å². The van der Waals surface area contributed by atoms with Crippen LogP contribution in [-0.4, -0.2) is 23.5 Å². The van der Waals surface area contributed by atoms with Crippen LogP contribution in [-0.2, 0) is 9.53 Å². The number of carbonyl (C=O) groups is 1. The van der Waals surface area contributed by atoms with E-state index in [-0.39, 0.29) is 5.97 Å². The van der Waals surface area contributed by atoms with Crippen LogP contribution in [0.1, 0.15) is 45.4 Å². The second-order valence-electron chi connectivity index (χ2n) is 4.38.